The summed E-state index contributed by atoms with van der Waals surface area (Å²) in [6, 6.07) is 0. The van der Waals surface area contributed by atoms with Crippen LogP contribution in [0.5, 0.6) is 0 Å². The topological polar surface area (TPSA) is 210 Å². The molecule has 14 heteroatoms. The zero-order valence-electron chi connectivity index (χ0n) is 30.9. The highest BCUT2D eigenvalue weighted by Crippen LogP contribution is 2.47. The smallest absolute Gasteiger partial charge is 0.462 e. The van der Waals surface area contributed by atoms with Crippen molar-refractivity contribution in [3.63, 3.8) is 0 Å². The summed E-state index contributed by atoms with van der Waals surface area (Å²) in [7, 11) is -5.11. The number of esters is 2. The van der Waals surface area contributed by atoms with E-state index in [0.29, 0.717) is 12.8 Å². The molecule has 51 heavy (non-hydrogen) atoms. The lowest BCUT2D eigenvalue weighted by Gasteiger charge is -2.41. The summed E-state index contributed by atoms with van der Waals surface area (Å²) in [4.78, 5) is 35.3. The summed E-state index contributed by atoms with van der Waals surface area (Å²) in [5, 5.41) is 49.8. The highest BCUT2D eigenvalue weighted by molar-refractivity contribution is 7.47. The van der Waals surface area contributed by atoms with Gasteiger partial charge in [-0.05, 0) is 38.5 Å². The van der Waals surface area contributed by atoms with Crippen molar-refractivity contribution in [1.82, 2.24) is 0 Å². The molecule has 1 fully saturated rings. The number of aliphatic hydroxyl groups excluding tert-OH is 5. The van der Waals surface area contributed by atoms with Crippen molar-refractivity contribution in [1.29, 1.82) is 0 Å². The van der Waals surface area contributed by atoms with Crippen molar-refractivity contribution in [2.75, 3.05) is 13.2 Å². The average Bonchev–Trinajstić information content (AvgIpc) is 3.10. The molecule has 1 saturated carbocycles. The van der Waals surface area contributed by atoms with Crippen LogP contribution in [-0.2, 0) is 32.7 Å². The van der Waals surface area contributed by atoms with Crippen LogP contribution in [0, 0.1) is 0 Å². The highest BCUT2D eigenvalue weighted by atomic mass is 31.2. The van der Waals surface area contributed by atoms with Gasteiger partial charge in [0.1, 0.15) is 43.2 Å². The summed E-state index contributed by atoms with van der Waals surface area (Å²) in [5.74, 6) is -1.12. The van der Waals surface area contributed by atoms with Crippen LogP contribution in [0.2, 0.25) is 0 Å². The number of carbonyl (C=O) groups is 2. The minimum atomic E-state index is -5.11. The Morgan fingerprint density at radius 2 is 1.08 bits per heavy atom. The first-order valence-corrected chi connectivity index (χ1v) is 20.6. The zero-order valence-corrected chi connectivity index (χ0v) is 31.8. The maximum absolute atomic E-state index is 12.7. The van der Waals surface area contributed by atoms with Gasteiger partial charge in [-0.3, -0.25) is 18.6 Å². The van der Waals surface area contributed by atoms with Gasteiger partial charge in [0.05, 0.1) is 6.61 Å². The van der Waals surface area contributed by atoms with E-state index < -0.39 is 75.7 Å². The molecule has 1 aliphatic carbocycles. The van der Waals surface area contributed by atoms with Crippen LogP contribution in [0.3, 0.4) is 0 Å². The molecule has 0 saturated heterocycles. The van der Waals surface area contributed by atoms with Crippen LogP contribution in [-0.4, -0.2) is 98.3 Å². The van der Waals surface area contributed by atoms with Crippen LogP contribution >= 0.6 is 7.82 Å². The third-order valence-electron chi connectivity index (χ3n) is 8.80. The van der Waals surface area contributed by atoms with Crippen molar-refractivity contribution in [2.45, 2.75) is 185 Å². The quantitative estimate of drug-likeness (QED) is 0.0225. The number of hydrogen-bond donors (Lipinski definition) is 6. The van der Waals surface area contributed by atoms with E-state index >= 15 is 0 Å². The highest BCUT2D eigenvalue weighted by Gasteiger charge is 2.51. The number of carbonyl (C=O) groups excluding carboxylic acids is 2. The number of unbranched alkanes of at least 4 members (excludes halogenated alkanes) is 14. The van der Waals surface area contributed by atoms with E-state index in [9.17, 15) is 44.6 Å². The van der Waals surface area contributed by atoms with Crippen molar-refractivity contribution in [3.8, 4) is 0 Å². The van der Waals surface area contributed by atoms with Crippen LogP contribution in [0.4, 0.5) is 0 Å². The average molecular weight is 751 g/mol. The number of phosphoric ester groups is 1. The van der Waals surface area contributed by atoms with Crippen molar-refractivity contribution >= 4 is 19.8 Å². The molecule has 0 radical (unpaired) electrons. The fourth-order valence-electron chi connectivity index (χ4n) is 5.60. The summed E-state index contributed by atoms with van der Waals surface area (Å²) in [5.41, 5.74) is 0. The van der Waals surface area contributed by atoms with Crippen LogP contribution in [0.15, 0.2) is 24.3 Å². The van der Waals surface area contributed by atoms with Crippen LogP contribution < -0.4 is 0 Å². The molecule has 298 valence electrons. The largest absolute Gasteiger partial charge is 0.472 e. The Balaban J connectivity index is 2.55. The molecule has 0 aromatic carbocycles. The standard InChI is InChI=1S/C37H67O13P/c1-3-5-7-9-11-13-14-15-16-17-18-20-22-24-26-31(39)49-29(27-47-30(38)25-23-21-19-12-10-8-6-4-2)28-48-51(45,46)50-37-35(43)33(41)32(40)34(42)36(37)44/h9,11,14-15,29,32-37,40-44H,3-8,10,12-13,16-28H2,1-2H3,(H,45,46)/b11-9-,15-14-. The SMILES string of the molecule is CCCC/C=C\C/C=C\CCCCCCCC(=O)OC(COC(=O)CCCCCCCCCC)COP(=O)(O)OC1C(O)C(O)C(O)C(O)C1O. The second kappa shape index (κ2) is 28.8. The molecular formula is C37H67O13P. The predicted octanol–water partition coefficient (Wildman–Crippen LogP) is 5.72. The van der Waals surface area contributed by atoms with Gasteiger partial charge < -0.3 is 39.9 Å². The van der Waals surface area contributed by atoms with E-state index in [-0.39, 0.29) is 12.8 Å². The molecule has 6 atom stereocenters. The minimum Gasteiger partial charge on any atom is -0.462 e. The fraction of sp³-hybridized carbons (Fsp3) is 0.838. The normalized spacial score (nSPS) is 24.2. The molecule has 6 N–H and O–H groups in total. The Morgan fingerprint density at radius 1 is 0.608 bits per heavy atom. The van der Waals surface area contributed by atoms with Gasteiger partial charge in [-0.25, -0.2) is 4.57 Å². The predicted molar refractivity (Wildman–Crippen MR) is 193 cm³/mol. The number of hydrogen-bond acceptors (Lipinski definition) is 12. The van der Waals surface area contributed by atoms with E-state index in [1.54, 1.807) is 0 Å². The Bertz CT molecular complexity index is 1010. The molecule has 0 amide bonds. The number of allylic oxidation sites excluding steroid dienone is 4. The van der Waals surface area contributed by atoms with Gasteiger partial charge >= 0.3 is 19.8 Å². The lowest BCUT2D eigenvalue weighted by molar-refractivity contribution is -0.220. The fourth-order valence-corrected chi connectivity index (χ4v) is 6.57. The molecule has 0 aromatic rings. The van der Waals surface area contributed by atoms with Gasteiger partial charge in [0, 0.05) is 12.8 Å². The maximum atomic E-state index is 12.7. The second-order valence-electron chi connectivity index (χ2n) is 13.4. The molecule has 0 aliphatic heterocycles. The van der Waals surface area contributed by atoms with E-state index in [1.807, 2.05) is 0 Å². The van der Waals surface area contributed by atoms with E-state index in [0.717, 1.165) is 64.2 Å². The Labute approximate surface area is 305 Å². The summed E-state index contributed by atoms with van der Waals surface area (Å²) in [6.07, 6.45) is 14.1. The molecule has 1 aliphatic rings. The monoisotopic (exact) mass is 750 g/mol. The van der Waals surface area contributed by atoms with Gasteiger partial charge in [0.15, 0.2) is 6.10 Å². The molecule has 0 bridgehead atoms. The maximum Gasteiger partial charge on any atom is 0.472 e. The third kappa shape index (κ3) is 22.2. The van der Waals surface area contributed by atoms with E-state index in [2.05, 4.69) is 38.2 Å². The lowest BCUT2D eigenvalue weighted by atomic mass is 9.85. The minimum absolute atomic E-state index is 0.0822. The molecule has 13 nitrogen and oxygen atoms in total. The van der Waals surface area contributed by atoms with Crippen LogP contribution in [0.1, 0.15) is 142 Å². The second-order valence-corrected chi connectivity index (χ2v) is 14.8. The number of phosphoric acid groups is 1. The molecular weight excluding hydrogens is 683 g/mol. The van der Waals surface area contributed by atoms with Crippen LogP contribution in [0.25, 0.3) is 0 Å². The first-order valence-electron chi connectivity index (χ1n) is 19.1. The number of rotatable bonds is 30. The molecule has 0 aromatic heterocycles. The molecule has 0 heterocycles. The van der Waals surface area contributed by atoms with Crippen molar-refractivity contribution < 1.29 is 63.1 Å². The molecule has 1 rings (SSSR count). The van der Waals surface area contributed by atoms with Crippen molar-refractivity contribution in [2.24, 2.45) is 0 Å². The van der Waals surface area contributed by atoms with Gasteiger partial charge in [0.2, 0.25) is 0 Å². The van der Waals surface area contributed by atoms with Gasteiger partial charge in [-0.1, -0.05) is 115 Å². The van der Waals surface area contributed by atoms with Gasteiger partial charge in [0.25, 0.3) is 0 Å². The van der Waals surface area contributed by atoms with E-state index in [1.165, 1.54) is 38.5 Å². The number of aliphatic hydroxyl groups is 5. The number of ether oxygens (including phenoxy) is 2. The summed E-state index contributed by atoms with van der Waals surface area (Å²) < 4.78 is 33.2. The first kappa shape index (κ1) is 47.4. The van der Waals surface area contributed by atoms with Crippen molar-refractivity contribution in [3.05, 3.63) is 24.3 Å². The molecule has 0 spiro atoms. The Hall–Kier alpha value is -1.67. The van der Waals surface area contributed by atoms with E-state index in [4.69, 9.17) is 18.5 Å². The third-order valence-corrected chi connectivity index (χ3v) is 9.78. The molecule has 6 unspecified atom stereocenters. The Morgan fingerprint density at radius 3 is 1.65 bits per heavy atom. The summed E-state index contributed by atoms with van der Waals surface area (Å²) >= 11 is 0. The summed E-state index contributed by atoms with van der Waals surface area (Å²) in [6.45, 7) is 3.17. The lowest BCUT2D eigenvalue weighted by Crippen LogP contribution is -2.64. The zero-order chi connectivity index (χ0) is 37.9. The Kier molecular flexibility index (Phi) is 26.7. The first-order chi connectivity index (χ1) is 24.4. The van der Waals surface area contributed by atoms with Gasteiger partial charge in [-0.15, -0.1) is 0 Å². The van der Waals surface area contributed by atoms with Gasteiger partial charge in [-0.2, -0.15) is 0 Å².